The largest absolute Gasteiger partial charge is 0.508 e. The van der Waals surface area contributed by atoms with Crippen LogP contribution in [0.5, 0.6) is 5.75 Å². The van der Waals surface area contributed by atoms with Crippen LogP contribution in [0.4, 0.5) is 0 Å². The van der Waals surface area contributed by atoms with Crippen LogP contribution < -0.4 is 5.32 Å². The van der Waals surface area contributed by atoms with Crippen molar-refractivity contribution in [3.63, 3.8) is 0 Å². The molecule has 1 atom stereocenters. The average Bonchev–Trinajstić information content (AvgIpc) is 2.30. The maximum absolute atomic E-state index is 11.7. The molecule has 0 aliphatic carbocycles. The van der Waals surface area contributed by atoms with Crippen molar-refractivity contribution in [2.75, 3.05) is 20.3 Å². The van der Waals surface area contributed by atoms with E-state index in [4.69, 9.17) is 4.74 Å². The molecule has 1 rings (SSSR count). The number of rotatable bonds is 5. The molecule has 0 aliphatic rings. The molecule has 94 valence electrons. The van der Waals surface area contributed by atoms with Gasteiger partial charge in [-0.25, -0.2) is 0 Å². The van der Waals surface area contributed by atoms with E-state index in [1.807, 2.05) is 0 Å². The van der Waals surface area contributed by atoms with Crippen LogP contribution in [0.25, 0.3) is 0 Å². The van der Waals surface area contributed by atoms with Gasteiger partial charge in [-0.2, -0.15) is 0 Å². The molecule has 17 heavy (non-hydrogen) atoms. The van der Waals surface area contributed by atoms with E-state index < -0.39 is 6.10 Å². The number of aliphatic hydroxyl groups excluding tert-OH is 1. The number of carbonyl (C=O) groups excluding carboxylic acids is 1. The van der Waals surface area contributed by atoms with Gasteiger partial charge in [-0.1, -0.05) is 0 Å². The predicted octanol–water partition coefficient (Wildman–Crippen LogP) is 0.438. The smallest absolute Gasteiger partial charge is 0.251 e. The summed E-state index contributed by atoms with van der Waals surface area (Å²) in [5.41, 5.74) is 1.08. The Morgan fingerprint density at radius 1 is 1.53 bits per heavy atom. The fraction of sp³-hybridized carbons (Fsp3) is 0.417. The summed E-state index contributed by atoms with van der Waals surface area (Å²) in [6.45, 7) is 2.02. The van der Waals surface area contributed by atoms with Crippen molar-refractivity contribution in [2.45, 2.75) is 13.0 Å². The number of aliphatic hydroxyl groups is 1. The summed E-state index contributed by atoms with van der Waals surface area (Å²) in [6.07, 6.45) is -0.720. The van der Waals surface area contributed by atoms with Gasteiger partial charge >= 0.3 is 0 Å². The van der Waals surface area contributed by atoms with Gasteiger partial charge < -0.3 is 20.3 Å². The number of phenols is 1. The highest BCUT2D eigenvalue weighted by Gasteiger charge is 2.09. The van der Waals surface area contributed by atoms with Gasteiger partial charge in [0.25, 0.3) is 5.91 Å². The number of hydrogen-bond donors (Lipinski definition) is 3. The Balaban J connectivity index is 2.55. The Morgan fingerprint density at radius 3 is 2.82 bits per heavy atom. The fourth-order valence-electron chi connectivity index (χ4n) is 1.36. The minimum atomic E-state index is -0.720. The summed E-state index contributed by atoms with van der Waals surface area (Å²) in [5.74, 6) is -0.135. The minimum Gasteiger partial charge on any atom is -0.508 e. The summed E-state index contributed by atoms with van der Waals surface area (Å²) in [6, 6.07) is 4.59. The molecule has 0 saturated heterocycles. The maximum atomic E-state index is 11.7. The Kier molecular flexibility index (Phi) is 4.93. The highest BCUT2D eigenvalue weighted by Crippen LogP contribution is 2.16. The second-order valence-electron chi connectivity index (χ2n) is 3.82. The molecule has 0 aromatic heterocycles. The molecule has 3 N–H and O–H groups in total. The Morgan fingerprint density at radius 2 is 2.24 bits per heavy atom. The van der Waals surface area contributed by atoms with Gasteiger partial charge in [-0.15, -0.1) is 0 Å². The van der Waals surface area contributed by atoms with Gasteiger partial charge in [-0.3, -0.25) is 4.79 Å². The zero-order valence-corrected chi connectivity index (χ0v) is 9.93. The monoisotopic (exact) mass is 239 g/mol. The highest BCUT2D eigenvalue weighted by molar-refractivity contribution is 5.94. The van der Waals surface area contributed by atoms with Crippen LogP contribution >= 0.6 is 0 Å². The number of phenolic OH excluding ortho intramolecular Hbond substituents is 1. The molecule has 0 saturated carbocycles. The second kappa shape index (κ2) is 6.22. The standard InChI is InChI=1S/C12H17NO4/c1-8-5-9(3-4-11(8)15)12(16)13-6-10(14)7-17-2/h3-5,10,14-15H,6-7H2,1-2H3,(H,13,16). The first-order chi connectivity index (χ1) is 8.04. The zero-order valence-electron chi connectivity index (χ0n) is 9.93. The molecule has 0 radical (unpaired) electrons. The molecule has 5 heteroatoms. The third-order valence-electron chi connectivity index (χ3n) is 2.32. The molecular weight excluding hydrogens is 222 g/mol. The molecular formula is C12H17NO4. The number of aryl methyl sites for hydroxylation is 1. The molecule has 0 spiro atoms. The lowest BCUT2D eigenvalue weighted by molar-refractivity contribution is 0.0610. The summed E-state index contributed by atoms with van der Waals surface area (Å²) >= 11 is 0. The number of aromatic hydroxyl groups is 1. The van der Waals surface area contributed by atoms with Gasteiger partial charge in [0, 0.05) is 19.2 Å². The number of benzene rings is 1. The van der Waals surface area contributed by atoms with Crippen molar-refractivity contribution in [3.05, 3.63) is 29.3 Å². The van der Waals surface area contributed by atoms with Crippen LogP contribution in [0.15, 0.2) is 18.2 Å². The first-order valence-electron chi connectivity index (χ1n) is 5.29. The van der Waals surface area contributed by atoms with Crippen molar-refractivity contribution < 1.29 is 19.7 Å². The van der Waals surface area contributed by atoms with Crippen molar-refractivity contribution in [2.24, 2.45) is 0 Å². The van der Waals surface area contributed by atoms with Gasteiger partial charge in [0.05, 0.1) is 12.7 Å². The number of carbonyl (C=O) groups is 1. The first-order valence-corrected chi connectivity index (χ1v) is 5.29. The van der Waals surface area contributed by atoms with Crippen LogP contribution in [0, 0.1) is 6.92 Å². The Hall–Kier alpha value is -1.59. The highest BCUT2D eigenvalue weighted by atomic mass is 16.5. The van der Waals surface area contributed by atoms with Crippen molar-refractivity contribution in [1.29, 1.82) is 0 Å². The van der Waals surface area contributed by atoms with Gasteiger partial charge in [-0.05, 0) is 30.7 Å². The van der Waals surface area contributed by atoms with E-state index in [0.717, 1.165) is 0 Å². The lowest BCUT2D eigenvalue weighted by Crippen LogP contribution is -2.34. The second-order valence-corrected chi connectivity index (χ2v) is 3.82. The normalized spacial score (nSPS) is 12.2. The third kappa shape index (κ3) is 4.05. The maximum Gasteiger partial charge on any atom is 0.251 e. The van der Waals surface area contributed by atoms with Crippen LogP contribution in [-0.4, -0.2) is 42.5 Å². The van der Waals surface area contributed by atoms with E-state index in [2.05, 4.69) is 5.32 Å². The zero-order chi connectivity index (χ0) is 12.8. The van der Waals surface area contributed by atoms with Crippen molar-refractivity contribution in [1.82, 2.24) is 5.32 Å². The van der Waals surface area contributed by atoms with Crippen LogP contribution in [-0.2, 0) is 4.74 Å². The van der Waals surface area contributed by atoms with E-state index in [0.29, 0.717) is 11.1 Å². The summed E-state index contributed by atoms with van der Waals surface area (Å²) in [5, 5.41) is 21.3. The summed E-state index contributed by atoms with van der Waals surface area (Å²) in [7, 11) is 1.48. The molecule has 1 amide bonds. The lowest BCUT2D eigenvalue weighted by Gasteiger charge is -2.11. The van der Waals surface area contributed by atoms with E-state index in [1.165, 1.54) is 19.2 Å². The number of hydrogen-bond acceptors (Lipinski definition) is 4. The number of methoxy groups -OCH3 is 1. The minimum absolute atomic E-state index is 0.132. The Labute approximate surface area is 100 Å². The van der Waals surface area contributed by atoms with Crippen LogP contribution in [0.3, 0.4) is 0 Å². The number of nitrogens with one attached hydrogen (secondary N) is 1. The van der Waals surface area contributed by atoms with E-state index >= 15 is 0 Å². The molecule has 1 aromatic carbocycles. The molecule has 1 unspecified atom stereocenters. The molecule has 5 nitrogen and oxygen atoms in total. The lowest BCUT2D eigenvalue weighted by atomic mass is 10.1. The topological polar surface area (TPSA) is 78.8 Å². The van der Waals surface area contributed by atoms with Gasteiger partial charge in [0.1, 0.15) is 5.75 Å². The van der Waals surface area contributed by atoms with E-state index in [1.54, 1.807) is 13.0 Å². The predicted molar refractivity (Wildman–Crippen MR) is 63.1 cm³/mol. The summed E-state index contributed by atoms with van der Waals surface area (Å²) < 4.78 is 4.74. The third-order valence-corrected chi connectivity index (χ3v) is 2.32. The molecule has 0 aliphatic heterocycles. The first kappa shape index (κ1) is 13.5. The number of amides is 1. The number of ether oxygens (including phenoxy) is 1. The average molecular weight is 239 g/mol. The van der Waals surface area contributed by atoms with Crippen LogP contribution in [0.1, 0.15) is 15.9 Å². The van der Waals surface area contributed by atoms with Crippen LogP contribution in [0.2, 0.25) is 0 Å². The summed E-state index contributed by atoms with van der Waals surface area (Å²) in [4.78, 5) is 11.7. The van der Waals surface area contributed by atoms with Crippen molar-refractivity contribution in [3.8, 4) is 5.75 Å². The molecule has 0 bridgehead atoms. The van der Waals surface area contributed by atoms with E-state index in [9.17, 15) is 15.0 Å². The quantitative estimate of drug-likeness (QED) is 0.696. The molecule has 0 heterocycles. The SMILES string of the molecule is COCC(O)CNC(=O)c1ccc(O)c(C)c1. The molecule has 0 fully saturated rings. The molecule has 1 aromatic rings. The van der Waals surface area contributed by atoms with Gasteiger partial charge in [0.15, 0.2) is 0 Å². The van der Waals surface area contributed by atoms with Crippen molar-refractivity contribution >= 4 is 5.91 Å². The van der Waals surface area contributed by atoms with E-state index in [-0.39, 0.29) is 24.8 Å². The Bertz CT molecular complexity index is 392. The fourth-order valence-corrected chi connectivity index (χ4v) is 1.36. The van der Waals surface area contributed by atoms with Gasteiger partial charge in [0.2, 0.25) is 0 Å².